The molecule has 0 saturated heterocycles. The van der Waals surface area contributed by atoms with Crippen molar-refractivity contribution in [2.75, 3.05) is 0 Å². The highest BCUT2D eigenvalue weighted by Gasteiger charge is 2.41. The maximum atomic E-state index is 13.6. The van der Waals surface area contributed by atoms with Crippen LogP contribution in [0.25, 0.3) is 11.4 Å². The third-order valence-electron chi connectivity index (χ3n) is 4.45. The van der Waals surface area contributed by atoms with E-state index in [0.29, 0.717) is 12.1 Å². The van der Waals surface area contributed by atoms with Crippen LogP contribution in [-0.4, -0.2) is 11.8 Å². The van der Waals surface area contributed by atoms with Gasteiger partial charge in [0.05, 0.1) is 28.1 Å². The summed E-state index contributed by atoms with van der Waals surface area (Å²) < 4.78 is 78.5. The number of carbonyl (C=O) groups is 2. The highest BCUT2D eigenvalue weighted by Crippen LogP contribution is 2.38. The predicted molar refractivity (Wildman–Crippen MR) is 87.9 cm³/mol. The predicted octanol–water partition coefficient (Wildman–Crippen LogP) is 3.50. The van der Waals surface area contributed by atoms with Gasteiger partial charge in [0.15, 0.2) is 17.5 Å². The second-order valence-corrected chi connectivity index (χ2v) is 6.24. The summed E-state index contributed by atoms with van der Waals surface area (Å²) in [6.07, 6.45) is -4.56. The Morgan fingerprint density at radius 1 is 0.690 bits per heavy atom. The van der Waals surface area contributed by atoms with Gasteiger partial charge in [0.2, 0.25) is 0 Å². The van der Waals surface area contributed by atoms with E-state index >= 15 is 0 Å². The molecular formula is C19H8F6N2O2. The maximum Gasteiger partial charge on any atom is 0.416 e. The molecule has 0 radical (unpaired) electrons. The molecule has 0 bridgehead atoms. The smallest absolute Gasteiger partial charge is 0.321 e. The van der Waals surface area contributed by atoms with Gasteiger partial charge < -0.3 is 10.6 Å². The summed E-state index contributed by atoms with van der Waals surface area (Å²) in [5.41, 5.74) is -1.77. The lowest BCUT2D eigenvalue weighted by atomic mass is 10.0. The van der Waals surface area contributed by atoms with Gasteiger partial charge in [0.25, 0.3) is 11.8 Å². The van der Waals surface area contributed by atoms with Crippen LogP contribution in [0.2, 0.25) is 0 Å². The average Bonchev–Trinajstić information content (AvgIpc) is 3.17. The van der Waals surface area contributed by atoms with Crippen molar-refractivity contribution in [2.45, 2.75) is 6.18 Å². The Morgan fingerprint density at radius 3 is 1.59 bits per heavy atom. The average molecular weight is 410 g/mol. The third-order valence-corrected chi connectivity index (χ3v) is 4.45. The van der Waals surface area contributed by atoms with Crippen LogP contribution in [0, 0.1) is 17.5 Å². The number of halogens is 6. The molecule has 4 nitrogen and oxygen atoms in total. The van der Waals surface area contributed by atoms with Gasteiger partial charge in [-0.05, 0) is 29.8 Å². The number of benzene rings is 2. The standard InChI is InChI=1S/C19H8F6N2O2/c20-10-5-8(6-11(21)14(10)22)16-13-12(17(28)27-16)15(26-18(13)29)7-1-3-9(4-2-7)19(23,24)25/h1-6H,(H,26,29)(H,27,28). The van der Waals surface area contributed by atoms with Crippen LogP contribution in [-0.2, 0) is 15.8 Å². The summed E-state index contributed by atoms with van der Waals surface area (Å²) >= 11 is 0. The monoisotopic (exact) mass is 410 g/mol. The minimum atomic E-state index is -4.56. The summed E-state index contributed by atoms with van der Waals surface area (Å²) in [6.45, 7) is 0. The fourth-order valence-electron chi connectivity index (χ4n) is 3.14. The summed E-state index contributed by atoms with van der Waals surface area (Å²) in [5, 5.41) is 4.68. The van der Waals surface area contributed by atoms with E-state index in [1.54, 1.807) is 0 Å². The number of amides is 2. The van der Waals surface area contributed by atoms with E-state index in [1.807, 2.05) is 0 Å². The number of alkyl halides is 3. The molecular weight excluding hydrogens is 402 g/mol. The zero-order valence-corrected chi connectivity index (χ0v) is 14.0. The van der Waals surface area contributed by atoms with Crippen LogP contribution in [0.1, 0.15) is 16.7 Å². The first-order valence-corrected chi connectivity index (χ1v) is 8.02. The van der Waals surface area contributed by atoms with Gasteiger partial charge in [-0.1, -0.05) is 12.1 Å². The van der Waals surface area contributed by atoms with Gasteiger partial charge in [0.1, 0.15) is 0 Å². The Labute approximate surface area is 158 Å². The number of carbonyl (C=O) groups excluding carboxylic acids is 2. The van der Waals surface area contributed by atoms with Crippen LogP contribution in [0.3, 0.4) is 0 Å². The van der Waals surface area contributed by atoms with Crippen LogP contribution >= 0.6 is 0 Å². The molecule has 10 heteroatoms. The Balaban J connectivity index is 1.84. The van der Waals surface area contributed by atoms with Crippen LogP contribution in [0.5, 0.6) is 0 Å². The highest BCUT2D eigenvalue weighted by atomic mass is 19.4. The second kappa shape index (κ2) is 6.23. The minimum Gasteiger partial charge on any atom is -0.321 e. The lowest BCUT2D eigenvalue weighted by Gasteiger charge is -2.10. The first kappa shape index (κ1) is 18.8. The van der Waals surface area contributed by atoms with E-state index in [0.717, 1.165) is 24.3 Å². The molecule has 0 aromatic heterocycles. The molecule has 0 saturated carbocycles. The van der Waals surface area contributed by atoms with Crippen molar-refractivity contribution < 1.29 is 35.9 Å². The SMILES string of the molecule is O=C1NC(c2cc(F)c(F)c(F)c2)=C2C(=O)NC(c3ccc(C(F)(F)F)cc3)=C12. The largest absolute Gasteiger partial charge is 0.416 e. The quantitative estimate of drug-likeness (QED) is 0.588. The summed E-state index contributed by atoms with van der Waals surface area (Å²) in [7, 11) is 0. The molecule has 2 aliphatic rings. The Bertz CT molecular complexity index is 1120. The van der Waals surface area contributed by atoms with E-state index in [4.69, 9.17) is 0 Å². The molecule has 0 aliphatic carbocycles. The zero-order chi connectivity index (χ0) is 21.1. The fraction of sp³-hybridized carbons (Fsp3) is 0.0526. The lowest BCUT2D eigenvalue weighted by Crippen LogP contribution is -2.21. The molecule has 2 aliphatic heterocycles. The van der Waals surface area contributed by atoms with Crippen molar-refractivity contribution in [1.29, 1.82) is 0 Å². The molecule has 0 unspecified atom stereocenters. The first-order chi connectivity index (χ1) is 13.6. The summed E-state index contributed by atoms with van der Waals surface area (Å²) in [6, 6.07) is 4.97. The van der Waals surface area contributed by atoms with Crippen LogP contribution < -0.4 is 10.6 Å². The normalized spacial score (nSPS) is 16.3. The van der Waals surface area contributed by atoms with Crippen molar-refractivity contribution in [3.05, 3.63) is 81.7 Å². The van der Waals surface area contributed by atoms with E-state index < -0.39 is 41.0 Å². The van der Waals surface area contributed by atoms with Crippen LogP contribution in [0.4, 0.5) is 26.3 Å². The first-order valence-electron chi connectivity index (χ1n) is 8.02. The number of rotatable bonds is 2. The molecule has 2 aromatic rings. The van der Waals surface area contributed by atoms with Gasteiger partial charge in [-0.25, -0.2) is 13.2 Å². The lowest BCUT2D eigenvalue weighted by molar-refractivity contribution is -0.137. The molecule has 0 spiro atoms. The van der Waals surface area contributed by atoms with E-state index in [-0.39, 0.29) is 33.7 Å². The fourth-order valence-corrected chi connectivity index (χ4v) is 3.14. The number of nitrogens with one attached hydrogen (secondary N) is 2. The van der Waals surface area contributed by atoms with Crippen molar-refractivity contribution in [2.24, 2.45) is 0 Å². The van der Waals surface area contributed by atoms with Crippen molar-refractivity contribution in [3.63, 3.8) is 0 Å². The molecule has 2 amide bonds. The molecule has 148 valence electrons. The van der Waals surface area contributed by atoms with Gasteiger partial charge >= 0.3 is 6.18 Å². The van der Waals surface area contributed by atoms with Gasteiger partial charge in [-0.15, -0.1) is 0 Å². The second-order valence-electron chi connectivity index (χ2n) is 6.24. The van der Waals surface area contributed by atoms with Crippen LogP contribution in [0.15, 0.2) is 47.5 Å². The molecule has 2 aromatic carbocycles. The molecule has 2 heterocycles. The summed E-state index contributed by atoms with van der Waals surface area (Å²) in [4.78, 5) is 24.8. The molecule has 2 N–H and O–H groups in total. The third kappa shape index (κ3) is 2.96. The minimum absolute atomic E-state index is 0.0470. The topological polar surface area (TPSA) is 58.2 Å². The van der Waals surface area contributed by atoms with Crippen molar-refractivity contribution >= 4 is 23.2 Å². The van der Waals surface area contributed by atoms with E-state index in [1.165, 1.54) is 0 Å². The molecule has 0 atom stereocenters. The van der Waals surface area contributed by atoms with E-state index in [2.05, 4.69) is 10.6 Å². The molecule has 0 fully saturated rings. The molecule has 29 heavy (non-hydrogen) atoms. The summed E-state index contributed by atoms with van der Waals surface area (Å²) in [5.74, 6) is -6.33. The van der Waals surface area contributed by atoms with Gasteiger partial charge in [-0.3, -0.25) is 9.59 Å². The van der Waals surface area contributed by atoms with Gasteiger partial charge in [-0.2, -0.15) is 13.2 Å². The van der Waals surface area contributed by atoms with E-state index in [9.17, 15) is 35.9 Å². The highest BCUT2D eigenvalue weighted by molar-refractivity contribution is 6.30. The zero-order valence-electron chi connectivity index (χ0n) is 14.0. The maximum absolute atomic E-state index is 13.6. The Kier molecular flexibility index (Phi) is 4.03. The Morgan fingerprint density at radius 2 is 1.14 bits per heavy atom. The number of hydrogen-bond acceptors (Lipinski definition) is 2. The number of fused-ring (bicyclic) bond motifs is 1. The number of hydrogen-bond donors (Lipinski definition) is 2. The molecule has 4 rings (SSSR count). The van der Waals surface area contributed by atoms with Gasteiger partial charge in [0, 0.05) is 5.56 Å². The Hall–Kier alpha value is -3.56. The van der Waals surface area contributed by atoms with Crippen molar-refractivity contribution in [3.8, 4) is 0 Å². The van der Waals surface area contributed by atoms with Crippen molar-refractivity contribution in [1.82, 2.24) is 10.6 Å².